The molecular weight excluding hydrogens is 198 g/mol. The maximum Gasteiger partial charge on any atom is 0.142 e. The highest BCUT2D eigenvalue weighted by atomic mass is 16.3. The number of benzene rings is 1. The second-order valence-electron chi connectivity index (χ2n) is 3.32. The van der Waals surface area contributed by atoms with Crippen LogP contribution < -0.4 is 0 Å². The van der Waals surface area contributed by atoms with E-state index in [1.165, 1.54) is 0 Å². The van der Waals surface area contributed by atoms with Gasteiger partial charge in [-0.1, -0.05) is 36.1 Å². The third-order valence-electron chi connectivity index (χ3n) is 2.13. The maximum atomic E-state index is 9.77. The Bertz CT molecular complexity index is 497. The molecule has 1 unspecified atom stereocenters. The lowest BCUT2D eigenvalue weighted by atomic mass is 10.1. The molecular formula is C14H11NO. The van der Waals surface area contributed by atoms with Gasteiger partial charge in [-0.3, -0.25) is 4.98 Å². The van der Waals surface area contributed by atoms with E-state index >= 15 is 0 Å². The molecule has 0 fully saturated rings. The molecule has 2 aromatic rings. The van der Waals surface area contributed by atoms with Crippen LogP contribution in [0.3, 0.4) is 0 Å². The molecule has 0 bridgehead atoms. The molecule has 0 aliphatic rings. The summed E-state index contributed by atoms with van der Waals surface area (Å²) >= 11 is 0. The van der Waals surface area contributed by atoms with E-state index in [0.29, 0.717) is 5.56 Å². The Kier molecular flexibility index (Phi) is 3.32. The molecule has 0 aliphatic carbocycles. The molecule has 1 atom stereocenters. The van der Waals surface area contributed by atoms with Gasteiger partial charge in [-0.05, 0) is 18.2 Å². The van der Waals surface area contributed by atoms with E-state index in [2.05, 4.69) is 16.8 Å². The molecule has 0 saturated carbocycles. The number of rotatable bonds is 1. The second kappa shape index (κ2) is 5.11. The number of nitrogens with zero attached hydrogens (tertiary/aromatic N) is 1. The highest BCUT2D eigenvalue weighted by Crippen LogP contribution is 2.09. The first-order valence-corrected chi connectivity index (χ1v) is 5.01. The Morgan fingerprint density at radius 1 is 1.06 bits per heavy atom. The summed E-state index contributed by atoms with van der Waals surface area (Å²) in [5.41, 5.74) is 1.61. The quantitative estimate of drug-likeness (QED) is 0.730. The minimum Gasteiger partial charge on any atom is -0.376 e. The van der Waals surface area contributed by atoms with E-state index < -0.39 is 6.10 Å². The Morgan fingerprint density at radius 2 is 1.88 bits per heavy atom. The number of aliphatic hydroxyl groups excluding tert-OH is 1. The van der Waals surface area contributed by atoms with Crippen molar-refractivity contribution in [3.8, 4) is 11.8 Å². The number of hydrogen-bond donors (Lipinski definition) is 1. The predicted molar refractivity (Wildman–Crippen MR) is 62.5 cm³/mol. The van der Waals surface area contributed by atoms with E-state index in [-0.39, 0.29) is 0 Å². The van der Waals surface area contributed by atoms with Gasteiger partial charge in [0, 0.05) is 23.5 Å². The zero-order valence-electron chi connectivity index (χ0n) is 8.67. The summed E-state index contributed by atoms with van der Waals surface area (Å²) in [5.74, 6) is 5.70. The molecule has 1 heterocycles. The molecule has 1 aromatic heterocycles. The van der Waals surface area contributed by atoms with E-state index in [9.17, 15) is 5.11 Å². The van der Waals surface area contributed by atoms with Crippen LogP contribution in [0.2, 0.25) is 0 Å². The number of pyridine rings is 1. The summed E-state index contributed by atoms with van der Waals surface area (Å²) in [7, 11) is 0. The first kappa shape index (κ1) is 10.4. The fourth-order valence-corrected chi connectivity index (χ4v) is 1.29. The summed E-state index contributed by atoms with van der Waals surface area (Å²) in [5, 5.41) is 9.77. The van der Waals surface area contributed by atoms with Crippen LogP contribution >= 0.6 is 0 Å². The zero-order valence-corrected chi connectivity index (χ0v) is 8.67. The van der Waals surface area contributed by atoms with Crippen molar-refractivity contribution in [2.24, 2.45) is 0 Å². The van der Waals surface area contributed by atoms with Gasteiger partial charge in [-0.25, -0.2) is 0 Å². The third kappa shape index (κ3) is 2.69. The van der Waals surface area contributed by atoms with Gasteiger partial charge in [-0.15, -0.1) is 0 Å². The molecule has 2 heteroatoms. The fourth-order valence-electron chi connectivity index (χ4n) is 1.29. The molecule has 2 nitrogen and oxygen atoms in total. The summed E-state index contributed by atoms with van der Waals surface area (Å²) in [6.07, 6.45) is 2.50. The van der Waals surface area contributed by atoms with Crippen LogP contribution in [0.5, 0.6) is 0 Å². The van der Waals surface area contributed by atoms with Crippen LogP contribution in [-0.4, -0.2) is 10.1 Å². The molecule has 1 aromatic carbocycles. The Balaban J connectivity index is 2.15. The van der Waals surface area contributed by atoms with Crippen molar-refractivity contribution in [2.45, 2.75) is 6.10 Å². The van der Waals surface area contributed by atoms with Gasteiger partial charge in [0.25, 0.3) is 0 Å². The van der Waals surface area contributed by atoms with Crippen molar-refractivity contribution in [2.75, 3.05) is 0 Å². The van der Waals surface area contributed by atoms with Gasteiger partial charge in [-0.2, -0.15) is 0 Å². The summed E-state index contributed by atoms with van der Waals surface area (Å²) in [6.45, 7) is 0. The molecule has 0 amide bonds. The van der Waals surface area contributed by atoms with Gasteiger partial charge >= 0.3 is 0 Å². The van der Waals surface area contributed by atoms with Gasteiger partial charge in [0.1, 0.15) is 6.10 Å². The van der Waals surface area contributed by atoms with Gasteiger partial charge < -0.3 is 5.11 Å². The monoisotopic (exact) mass is 209 g/mol. The smallest absolute Gasteiger partial charge is 0.142 e. The van der Waals surface area contributed by atoms with Crippen LogP contribution in [0.4, 0.5) is 0 Å². The van der Waals surface area contributed by atoms with Crippen LogP contribution in [0.15, 0.2) is 54.9 Å². The third-order valence-corrected chi connectivity index (χ3v) is 2.13. The summed E-state index contributed by atoms with van der Waals surface area (Å²) in [6, 6.07) is 13.2. The van der Waals surface area contributed by atoms with Crippen molar-refractivity contribution in [3.63, 3.8) is 0 Å². The Hall–Kier alpha value is -2.11. The highest BCUT2D eigenvalue weighted by Gasteiger charge is 2.01. The normalized spacial score (nSPS) is 11.3. The van der Waals surface area contributed by atoms with Gasteiger partial charge in [0.2, 0.25) is 0 Å². The van der Waals surface area contributed by atoms with Crippen LogP contribution in [-0.2, 0) is 0 Å². The molecule has 0 radical (unpaired) electrons. The van der Waals surface area contributed by atoms with Gasteiger partial charge in [0.15, 0.2) is 0 Å². The Morgan fingerprint density at radius 3 is 2.56 bits per heavy atom. The van der Waals surface area contributed by atoms with E-state index in [0.717, 1.165) is 5.56 Å². The van der Waals surface area contributed by atoms with Crippen molar-refractivity contribution >= 4 is 0 Å². The molecule has 0 aliphatic heterocycles. The Labute approximate surface area is 94.6 Å². The number of aromatic nitrogens is 1. The lowest BCUT2D eigenvalue weighted by Gasteiger charge is -2.01. The lowest BCUT2D eigenvalue weighted by molar-refractivity contribution is 0.238. The molecule has 1 N–H and O–H groups in total. The van der Waals surface area contributed by atoms with Crippen molar-refractivity contribution in [1.82, 2.24) is 4.98 Å². The number of aliphatic hydroxyl groups is 1. The number of hydrogen-bond acceptors (Lipinski definition) is 2. The summed E-state index contributed by atoms with van der Waals surface area (Å²) < 4.78 is 0. The van der Waals surface area contributed by atoms with Crippen molar-refractivity contribution in [3.05, 3.63) is 66.0 Å². The van der Waals surface area contributed by atoms with Gasteiger partial charge in [0.05, 0.1) is 0 Å². The topological polar surface area (TPSA) is 33.1 Å². The maximum absolute atomic E-state index is 9.77. The molecule has 0 saturated heterocycles. The zero-order chi connectivity index (χ0) is 11.2. The minimum absolute atomic E-state index is 0.714. The second-order valence-corrected chi connectivity index (χ2v) is 3.32. The predicted octanol–water partition coefficient (Wildman–Crippen LogP) is 2.17. The molecule has 0 spiro atoms. The van der Waals surface area contributed by atoms with E-state index in [1.807, 2.05) is 30.3 Å². The van der Waals surface area contributed by atoms with Crippen molar-refractivity contribution < 1.29 is 5.11 Å². The average molecular weight is 209 g/mol. The lowest BCUT2D eigenvalue weighted by Crippen LogP contribution is -1.93. The first-order chi connectivity index (χ1) is 7.86. The van der Waals surface area contributed by atoms with Crippen molar-refractivity contribution in [1.29, 1.82) is 0 Å². The largest absolute Gasteiger partial charge is 0.376 e. The van der Waals surface area contributed by atoms with E-state index in [1.54, 1.807) is 24.5 Å². The minimum atomic E-state index is -0.783. The van der Waals surface area contributed by atoms with E-state index in [4.69, 9.17) is 0 Å². The molecule has 2 rings (SSSR count). The fraction of sp³-hybridized carbons (Fsp3) is 0.0714. The van der Waals surface area contributed by atoms with Crippen LogP contribution in [0, 0.1) is 11.8 Å². The van der Waals surface area contributed by atoms with Crippen LogP contribution in [0.1, 0.15) is 17.2 Å². The SMILES string of the molecule is OC(C#Cc1ccccc1)c1cccnc1. The average Bonchev–Trinajstić information content (AvgIpc) is 2.38. The van der Waals surface area contributed by atoms with Crippen LogP contribution in [0.25, 0.3) is 0 Å². The molecule has 16 heavy (non-hydrogen) atoms. The standard InChI is InChI=1S/C14H11NO/c16-14(13-7-4-10-15-11-13)9-8-12-5-2-1-3-6-12/h1-7,10-11,14,16H. The first-order valence-electron chi connectivity index (χ1n) is 5.01. The molecule has 78 valence electrons. The summed E-state index contributed by atoms with van der Waals surface area (Å²) in [4.78, 5) is 3.93. The highest BCUT2D eigenvalue weighted by molar-refractivity contribution is 5.36.